The number of hydrogen-bond donors (Lipinski definition) is 4. The minimum Gasteiger partial charge on any atom is -0.369 e. The maximum atomic E-state index is 13.0. The predicted molar refractivity (Wildman–Crippen MR) is 131 cm³/mol. The number of carbonyl (C=O) groups excluding carboxylic acids is 1. The molecule has 1 fully saturated rings. The zero-order valence-corrected chi connectivity index (χ0v) is 18.8. The molecule has 3 aromatic heterocycles. The molecule has 1 aliphatic heterocycles. The van der Waals surface area contributed by atoms with Crippen LogP contribution in [0.3, 0.4) is 0 Å². The van der Waals surface area contributed by atoms with Crippen LogP contribution in [0.25, 0.3) is 10.2 Å². The number of piperazine rings is 1. The van der Waals surface area contributed by atoms with Gasteiger partial charge in [-0.2, -0.15) is 5.10 Å². The summed E-state index contributed by atoms with van der Waals surface area (Å²) in [5, 5.41) is 17.6. The molecule has 1 saturated heterocycles. The van der Waals surface area contributed by atoms with Crippen molar-refractivity contribution in [1.29, 1.82) is 0 Å². The van der Waals surface area contributed by atoms with Crippen LogP contribution >= 0.6 is 11.3 Å². The van der Waals surface area contributed by atoms with Crippen LogP contribution in [-0.4, -0.2) is 52.3 Å². The smallest absolute Gasteiger partial charge is 0.275 e. The Morgan fingerprint density at radius 2 is 1.94 bits per heavy atom. The average molecular weight is 461 g/mol. The Morgan fingerprint density at radius 1 is 1.09 bits per heavy atom. The van der Waals surface area contributed by atoms with E-state index in [0.717, 1.165) is 72.9 Å². The summed E-state index contributed by atoms with van der Waals surface area (Å²) in [6.45, 7) is 3.94. The van der Waals surface area contributed by atoms with Crippen molar-refractivity contribution in [3.63, 3.8) is 0 Å². The normalized spacial score (nSPS) is 15.6. The maximum Gasteiger partial charge on any atom is 0.275 e. The van der Waals surface area contributed by atoms with Gasteiger partial charge in [-0.05, 0) is 49.1 Å². The molecule has 0 atom stereocenters. The van der Waals surface area contributed by atoms with E-state index in [4.69, 9.17) is 0 Å². The summed E-state index contributed by atoms with van der Waals surface area (Å²) in [4.78, 5) is 26.6. The van der Waals surface area contributed by atoms with E-state index in [1.54, 1.807) is 23.9 Å². The van der Waals surface area contributed by atoms with E-state index >= 15 is 0 Å². The standard InChI is InChI=1S/C23H24N8OS/c32-22(28-14-4-6-15(7-5-14)31-10-8-24-9-11-31)20-17(12-27-30-20)29-21-19-16-2-1-3-18(16)33-23(19)26-13-25-21/h4-7,12-13,24H,1-3,8-11H2,(H,27,30)(H,28,32)(H,25,26,29). The summed E-state index contributed by atoms with van der Waals surface area (Å²) in [6.07, 6.45) is 6.49. The largest absolute Gasteiger partial charge is 0.369 e. The first-order valence-corrected chi connectivity index (χ1v) is 12.0. The lowest BCUT2D eigenvalue weighted by molar-refractivity contribution is 0.102. The summed E-state index contributed by atoms with van der Waals surface area (Å²) < 4.78 is 0. The summed E-state index contributed by atoms with van der Waals surface area (Å²) in [6, 6.07) is 7.95. The molecular weight excluding hydrogens is 436 g/mol. The highest BCUT2D eigenvalue weighted by atomic mass is 32.1. The number of nitrogens with zero attached hydrogens (tertiary/aromatic N) is 4. The van der Waals surface area contributed by atoms with E-state index in [2.05, 4.69) is 41.0 Å². The highest BCUT2D eigenvalue weighted by Gasteiger charge is 2.23. The molecule has 0 radical (unpaired) electrons. The van der Waals surface area contributed by atoms with E-state index in [-0.39, 0.29) is 5.91 Å². The Bertz CT molecular complexity index is 1310. The first-order valence-electron chi connectivity index (χ1n) is 11.2. The molecule has 0 bridgehead atoms. The van der Waals surface area contributed by atoms with Crippen LogP contribution in [0.4, 0.5) is 22.9 Å². The lowest BCUT2D eigenvalue weighted by Crippen LogP contribution is -2.43. The van der Waals surface area contributed by atoms with Gasteiger partial charge in [0.25, 0.3) is 5.91 Å². The third-order valence-corrected chi connectivity index (χ3v) is 7.43. The zero-order valence-electron chi connectivity index (χ0n) is 18.0. The molecule has 6 rings (SSSR count). The van der Waals surface area contributed by atoms with Gasteiger partial charge in [0.15, 0.2) is 0 Å². The summed E-state index contributed by atoms with van der Waals surface area (Å²) in [5.41, 5.74) is 4.17. The Kier molecular flexibility index (Phi) is 5.16. The van der Waals surface area contributed by atoms with E-state index in [9.17, 15) is 4.79 Å². The van der Waals surface area contributed by atoms with Gasteiger partial charge in [-0.3, -0.25) is 9.89 Å². The molecule has 168 valence electrons. The number of hydrogen-bond acceptors (Lipinski definition) is 8. The second kappa shape index (κ2) is 8.45. The molecule has 9 nitrogen and oxygen atoms in total. The van der Waals surface area contributed by atoms with Crippen LogP contribution in [0.2, 0.25) is 0 Å². The van der Waals surface area contributed by atoms with Gasteiger partial charge in [-0.25, -0.2) is 9.97 Å². The van der Waals surface area contributed by atoms with Gasteiger partial charge in [0.05, 0.1) is 17.3 Å². The second-order valence-corrected chi connectivity index (χ2v) is 9.37. The number of rotatable bonds is 5. The lowest BCUT2D eigenvalue weighted by atomic mass is 10.2. The molecule has 4 aromatic rings. The number of carbonyl (C=O) groups is 1. The summed E-state index contributed by atoms with van der Waals surface area (Å²) >= 11 is 1.74. The fraction of sp³-hybridized carbons (Fsp3) is 0.304. The Morgan fingerprint density at radius 3 is 2.79 bits per heavy atom. The van der Waals surface area contributed by atoms with E-state index in [1.807, 2.05) is 24.3 Å². The fourth-order valence-electron chi connectivity index (χ4n) is 4.58. The predicted octanol–water partition coefficient (Wildman–Crippen LogP) is 3.31. The molecule has 33 heavy (non-hydrogen) atoms. The van der Waals surface area contributed by atoms with Crippen molar-refractivity contribution in [3.8, 4) is 0 Å². The third-order valence-electron chi connectivity index (χ3n) is 6.23. The summed E-state index contributed by atoms with van der Waals surface area (Å²) in [5.74, 6) is 0.459. The van der Waals surface area contributed by atoms with Crippen LogP contribution in [0.1, 0.15) is 27.3 Å². The zero-order chi connectivity index (χ0) is 22.2. The van der Waals surface area contributed by atoms with Crippen LogP contribution < -0.4 is 20.9 Å². The number of thiophene rings is 1. The van der Waals surface area contributed by atoms with E-state index < -0.39 is 0 Å². The van der Waals surface area contributed by atoms with Gasteiger partial charge >= 0.3 is 0 Å². The first kappa shape index (κ1) is 20.1. The number of nitrogens with one attached hydrogen (secondary N) is 4. The third kappa shape index (κ3) is 3.81. The number of amides is 1. The second-order valence-electron chi connectivity index (χ2n) is 8.28. The molecule has 10 heteroatoms. The highest BCUT2D eigenvalue weighted by molar-refractivity contribution is 7.19. The number of benzene rings is 1. The van der Waals surface area contributed by atoms with Crippen molar-refractivity contribution in [2.75, 3.05) is 41.7 Å². The van der Waals surface area contributed by atoms with E-state index in [0.29, 0.717) is 11.4 Å². The van der Waals surface area contributed by atoms with Crippen molar-refractivity contribution in [1.82, 2.24) is 25.5 Å². The molecule has 4 heterocycles. The van der Waals surface area contributed by atoms with Gasteiger partial charge in [-0.15, -0.1) is 11.3 Å². The fourth-order valence-corrected chi connectivity index (χ4v) is 5.81. The topological polar surface area (TPSA) is 111 Å². The number of fused-ring (bicyclic) bond motifs is 3. The SMILES string of the molecule is O=C(Nc1ccc(N2CCNCC2)cc1)c1[nH]ncc1Nc1ncnc2sc3c(c12)CCC3. The molecule has 4 N–H and O–H groups in total. The van der Waals surface area contributed by atoms with Gasteiger partial charge < -0.3 is 20.9 Å². The van der Waals surface area contributed by atoms with Gasteiger partial charge in [0.2, 0.25) is 0 Å². The molecule has 1 aromatic carbocycles. The number of aryl methyl sites for hydroxylation is 2. The van der Waals surface area contributed by atoms with Gasteiger partial charge in [-0.1, -0.05) is 0 Å². The van der Waals surface area contributed by atoms with Crippen molar-refractivity contribution in [2.24, 2.45) is 0 Å². The number of aromatic amines is 1. The highest BCUT2D eigenvalue weighted by Crippen LogP contribution is 2.39. The molecule has 0 saturated carbocycles. The number of H-pyrrole nitrogens is 1. The van der Waals surface area contributed by atoms with Crippen LogP contribution in [0.5, 0.6) is 0 Å². The quantitative estimate of drug-likeness (QED) is 0.362. The summed E-state index contributed by atoms with van der Waals surface area (Å²) in [7, 11) is 0. The number of anilines is 4. The molecule has 1 aliphatic carbocycles. The van der Waals surface area contributed by atoms with Crippen molar-refractivity contribution < 1.29 is 4.79 Å². The Labute approximate surface area is 194 Å². The van der Waals surface area contributed by atoms with Crippen LogP contribution in [0.15, 0.2) is 36.8 Å². The minimum absolute atomic E-state index is 0.259. The van der Waals surface area contributed by atoms with Gasteiger partial charge in [0, 0.05) is 42.4 Å². The molecule has 1 amide bonds. The molecule has 0 spiro atoms. The monoisotopic (exact) mass is 460 g/mol. The lowest BCUT2D eigenvalue weighted by Gasteiger charge is -2.29. The molecule has 0 unspecified atom stereocenters. The maximum absolute atomic E-state index is 13.0. The van der Waals surface area contributed by atoms with Crippen molar-refractivity contribution in [3.05, 3.63) is 52.9 Å². The van der Waals surface area contributed by atoms with Crippen LogP contribution in [-0.2, 0) is 12.8 Å². The average Bonchev–Trinajstić information content (AvgIpc) is 3.57. The first-order chi connectivity index (χ1) is 16.3. The molecular formula is C23H24N8OS. The van der Waals surface area contributed by atoms with Crippen molar-refractivity contribution in [2.45, 2.75) is 19.3 Å². The van der Waals surface area contributed by atoms with Crippen LogP contribution in [0, 0.1) is 0 Å². The minimum atomic E-state index is -0.259. The Balaban J connectivity index is 1.20. The molecule has 2 aliphatic rings. The Hall–Kier alpha value is -3.50. The van der Waals surface area contributed by atoms with Crippen molar-refractivity contribution >= 4 is 50.3 Å². The van der Waals surface area contributed by atoms with Gasteiger partial charge in [0.1, 0.15) is 22.7 Å². The van der Waals surface area contributed by atoms with E-state index in [1.165, 1.54) is 10.4 Å². The number of aromatic nitrogens is 4.